The third-order valence-corrected chi connectivity index (χ3v) is 5.07. The molecule has 1 saturated heterocycles. The van der Waals surface area contributed by atoms with Crippen molar-refractivity contribution < 1.29 is 13.9 Å². The van der Waals surface area contributed by atoms with Crippen molar-refractivity contribution >= 4 is 5.91 Å². The number of benzene rings is 2. The van der Waals surface area contributed by atoms with Crippen molar-refractivity contribution in [3.05, 3.63) is 92.0 Å². The molecule has 1 aliphatic rings. The Labute approximate surface area is 177 Å². The molecule has 4 rings (SSSR count). The lowest BCUT2D eigenvalue weighted by molar-refractivity contribution is 0.0295. The van der Waals surface area contributed by atoms with E-state index in [2.05, 4.69) is 5.10 Å². The second kappa shape index (κ2) is 8.65. The van der Waals surface area contributed by atoms with Gasteiger partial charge in [-0.1, -0.05) is 29.8 Å². The minimum atomic E-state index is -0.811. The van der Waals surface area contributed by atoms with Crippen LogP contribution in [0.15, 0.2) is 58.1 Å². The number of halogens is 1. The zero-order valence-corrected chi connectivity index (χ0v) is 17.0. The maximum Gasteiger partial charge on any atom is 0.352 e. The summed E-state index contributed by atoms with van der Waals surface area (Å²) >= 11 is 0. The maximum absolute atomic E-state index is 13.6. The third kappa shape index (κ3) is 4.31. The van der Waals surface area contributed by atoms with Gasteiger partial charge in [-0.3, -0.25) is 14.2 Å². The number of ether oxygens (including phenoxy) is 1. The number of carbonyl (C=O) groups excluding carboxylic acids is 1. The Balaban J connectivity index is 1.87. The smallest absolute Gasteiger partial charge is 0.352 e. The first-order chi connectivity index (χ1) is 14.9. The van der Waals surface area contributed by atoms with Crippen LogP contribution in [0, 0.1) is 12.7 Å². The predicted octanol–water partition coefficient (Wildman–Crippen LogP) is 1.36. The highest BCUT2D eigenvalue weighted by Crippen LogP contribution is 2.09. The topological polar surface area (TPSA) is 86.4 Å². The number of aryl methyl sites for hydroxylation is 1. The molecular formula is C22H21FN4O4. The maximum atomic E-state index is 13.6. The van der Waals surface area contributed by atoms with Crippen molar-refractivity contribution in [2.45, 2.75) is 13.5 Å². The number of hydrogen-bond donors (Lipinski definition) is 0. The average Bonchev–Trinajstić information content (AvgIpc) is 2.78. The van der Waals surface area contributed by atoms with E-state index in [9.17, 15) is 18.8 Å². The first-order valence-corrected chi connectivity index (χ1v) is 9.87. The summed E-state index contributed by atoms with van der Waals surface area (Å²) < 4.78 is 20.9. The summed E-state index contributed by atoms with van der Waals surface area (Å²) in [5, 5.41) is 4.13. The van der Waals surface area contributed by atoms with Crippen LogP contribution in [0.1, 0.15) is 21.6 Å². The molecule has 1 fully saturated rings. The number of carbonyl (C=O) groups is 1. The van der Waals surface area contributed by atoms with E-state index in [0.717, 1.165) is 14.8 Å². The summed E-state index contributed by atoms with van der Waals surface area (Å²) in [6.07, 6.45) is 0. The second-order valence-electron chi connectivity index (χ2n) is 7.30. The third-order valence-electron chi connectivity index (χ3n) is 5.07. The second-order valence-corrected chi connectivity index (χ2v) is 7.30. The van der Waals surface area contributed by atoms with Gasteiger partial charge in [0.15, 0.2) is 0 Å². The molecule has 31 heavy (non-hydrogen) atoms. The van der Waals surface area contributed by atoms with E-state index in [4.69, 9.17) is 4.74 Å². The molecule has 0 saturated carbocycles. The molecule has 1 amide bonds. The van der Waals surface area contributed by atoms with Crippen LogP contribution in [0.5, 0.6) is 0 Å². The van der Waals surface area contributed by atoms with E-state index in [1.165, 1.54) is 23.1 Å². The standard InChI is InChI=1S/C22H21FN4O4/c1-15-5-7-18(8-6-15)27-22(30)26(14-16-3-2-4-17(23)13-16)21(29)19(24-27)20(28)25-9-11-31-12-10-25/h2-8,13H,9-12,14H2,1H3. The van der Waals surface area contributed by atoms with Gasteiger partial charge in [0.1, 0.15) is 5.82 Å². The van der Waals surface area contributed by atoms with Gasteiger partial charge in [0.05, 0.1) is 25.4 Å². The number of nitrogens with zero attached hydrogens (tertiary/aromatic N) is 4. The van der Waals surface area contributed by atoms with Crippen LogP contribution in [0.4, 0.5) is 4.39 Å². The fourth-order valence-corrected chi connectivity index (χ4v) is 3.38. The van der Waals surface area contributed by atoms with Crippen LogP contribution in [0.25, 0.3) is 5.69 Å². The number of morpholine rings is 1. The van der Waals surface area contributed by atoms with Gasteiger partial charge in [0.25, 0.3) is 11.5 Å². The van der Waals surface area contributed by atoms with Gasteiger partial charge in [-0.15, -0.1) is 0 Å². The minimum absolute atomic E-state index is 0.187. The van der Waals surface area contributed by atoms with Crippen LogP contribution in [-0.4, -0.2) is 51.5 Å². The van der Waals surface area contributed by atoms with E-state index in [1.807, 2.05) is 6.92 Å². The van der Waals surface area contributed by atoms with Crippen LogP contribution >= 0.6 is 0 Å². The SMILES string of the molecule is Cc1ccc(-n2nc(C(=O)N3CCOCC3)c(=O)n(Cc3cccc(F)c3)c2=O)cc1. The molecule has 9 heteroatoms. The molecule has 8 nitrogen and oxygen atoms in total. The molecule has 0 spiro atoms. The van der Waals surface area contributed by atoms with Crippen LogP contribution in [0.2, 0.25) is 0 Å². The number of hydrogen-bond acceptors (Lipinski definition) is 5. The highest BCUT2D eigenvalue weighted by molar-refractivity contribution is 5.91. The van der Waals surface area contributed by atoms with E-state index < -0.39 is 23.0 Å². The number of aromatic nitrogens is 3. The van der Waals surface area contributed by atoms with E-state index in [-0.39, 0.29) is 12.2 Å². The fraction of sp³-hybridized carbons (Fsp3) is 0.273. The lowest BCUT2D eigenvalue weighted by Crippen LogP contribution is -2.48. The Morgan fingerprint density at radius 1 is 1.10 bits per heavy atom. The Kier molecular flexibility index (Phi) is 5.77. The lowest BCUT2D eigenvalue weighted by Gasteiger charge is -2.26. The number of rotatable bonds is 4. The quantitative estimate of drug-likeness (QED) is 0.631. The lowest BCUT2D eigenvalue weighted by atomic mass is 10.2. The average molecular weight is 424 g/mol. The molecule has 3 aromatic rings. The van der Waals surface area contributed by atoms with E-state index in [1.54, 1.807) is 30.3 Å². The zero-order valence-electron chi connectivity index (χ0n) is 17.0. The van der Waals surface area contributed by atoms with Gasteiger partial charge in [0.2, 0.25) is 5.69 Å². The first-order valence-electron chi connectivity index (χ1n) is 9.87. The molecule has 2 aromatic carbocycles. The van der Waals surface area contributed by atoms with Crippen molar-refractivity contribution in [1.82, 2.24) is 19.2 Å². The van der Waals surface area contributed by atoms with E-state index >= 15 is 0 Å². The molecule has 0 bridgehead atoms. The van der Waals surface area contributed by atoms with Crippen molar-refractivity contribution in [2.75, 3.05) is 26.3 Å². The Morgan fingerprint density at radius 3 is 2.48 bits per heavy atom. The van der Waals surface area contributed by atoms with Gasteiger partial charge in [-0.2, -0.15) is 9.78 Å². The number of amides is 1. The van der Waals surface area contributed by atoms with Crippen LogP contribution in [0.3, 0.4) is 0 Å². The van der Waals surface area contributed by atoms with Crippen molar-refractivity contribution in [3.8, 4) is 5.69 Å². The molecule has 0 unspecified atom stereocenters. The van der Waals surface area contributed by atoms with Crippen LogP contribution in [-0.2, 0) is 11.3 Å². The highest BCUT2D eigenvalue weighted by Gasteiger charge is 2.26. The summed E-state index contributed by atoms with van der Waals surface area (Å²) in [5.74, 6) is -1.05. The molecule has 0 N–H and O–H groups in total. The highest BCUT2D eigenvalue weighted by atomic mass is 19.1. The summed E-state index contributed by atoms with van der Waals surface area (Å²) in [6, 6.07) is 12.6. The normalized spacial score (nSPS) is 13.9. The summed E-state index contributed by atoms with van der Waals surface area (Å²) in [6.45, 7) is 3.09. The minimum Gasteiger partial charge on any atom is -0.378 e. The molecule has 2 heterocycles. The molecule has 0 atom stereocenters. The largest absolute Gasteiger partial charge is 0.378 e. The van der Waals surface area contributed by atoms with Crippen molar-refractivity contribution in [3.63, 3.8) is 0 Å². The molecule has 0 radical (unpaired) electrons. The Hall–Kier alpha value is -3.59. The molecule has 160 valence electrons. The van der Waals surface area contributed by atoms with Gasteiger partial charge in [-0.25, -0.2) is 9.18 Å². The molecular weight excluding hydrogens is 403 g/mol. The van der Waals surface area contributed by atoms with Crippen LogP contribution < -0.4 is 11.2 Å². The molecule has 1 aromatic heterocycles. The monoisotopic (exact) mass is 424 g/mol. The van der Waals surface area contributed by atoms with Crippen molar-refractivity contribution in [1.29, 1.82) is 0 Å². The van der Waals surface area contributed by atoms with Gasteiger partial charge < -0.3 is 9.64 Å². The summed E-state index contributed by atoms with van der Waals surface area (Å²) in [4.78, 5) is 40.8. The Morgan fingerprint density at radius 2 is 1.81 bits per heavy atom. The van der Waals surface area contributed by atoms with Gasteiger partial charge >= 0.3 is 5.69 Å². The van der Waals surface area contributed by atoms with Gasteiger partial charge in [-0.05, 0) is 36.8 Å². The summed E-state index contributed by atoms with van der Waals surface area (Å²) in [5.41, 5.74) is -0.0658. The first kappa shape index (κ1) is 20.7. The van der Waals surface area contributed by atoms with Crippen molar-refractivity contribution in [2.24, 2.45) is 0 Å². The predicted molar refractivity (Wildman–Crippen MR) is 111 cm³/mol. The Bertz CT molecular complexity index is 1230. The van der Waals surface area contributed by atoms with E-state index in [0.29, 0.717) is 37.6 Å². The fourth-order valence-electron chi connectivity index (χ4n) is 3.38. The molecule has 0 aliphatic carbocycles. The zero-order chi connectivity index (χ0) is 22.0. The summed E-state index contributed by atoms with van der Waals surface area (Å²) in [7, 11) is 0. The van der Waals surface area contributed by atoms with Gasteiger partial charge in [0, 0.05) is 13.1 Å². The molecule has 1 aliphatic heterocycles.